The average molecular weight is 216 g/mol. The molecule has 0 aliphatic heterocycles. The summed E-state index contributed by atoms with van der Waals surface area (Å²) in [6, 6.07) is 8.03. The van der Waals surface area contributed by atoms with E-state index in [9.17, 15) is 0 Å². The van der Waals surface area contributed by atoms with Crippen molar-refractivity contribution in [2.45, 2.75) is 6.42 Å². The summed E-state index contributed by atoms with van der Waals surface area (Å²) in [7, 11) is 0. The molecule has 1 rings (SSSR count). The zero-order valence-corrected chi connectivity index (χ0v) is 7.67. The minimum absolute atomic E-state index is 0.558. The van der Waals surface area contributed by atoms with E-state index >= 15 is 0 Å². The summed E-state index contributed by atoms with van der Waals surface area (Å²) in [4.78, 5) is 4.48. The lowest BCUT2D eigenvalue weighted by Gasteiger charge is -2.01. The molecule has 3 heteroatoms. The lowest BCUT2D eigenvalue weighted by atomic mass is 10.2. The quantitative estimate of drug-likeness (QED) is 0.783. The van der Waals surface area contributed by atoms with Crippen molar-refractivity contribution in [2.24, 2.45) is 5.90 Å². The number of halogens is 1. The van der Waals surface area contributed by atoms with Crippen LogP contribution in [0.3, 0.4) is 0 Å². The standard InChI is InChI=1S/C8H10BrNO/c9-8-4-2-1-3-7(8)5-6-11-10/h1-4H,5-6,10H2. The summed E-state index contributed by atoms with van der Waals surface area (Å²) in [6.45, 7) is 0.558. The molecular formula is C8H10BrNO. The fourth-order valence-electron chi connectivity index (χ4n) is 0.870. The number of hydrogen-bond donors (Lipinski definition) is 1. The molecule has 0 amide bonds. The van der Waals surface area contributed by atoms with Crippen LogP contribution in [0.2, 0.25) is 0 Å². The summed E-state index contributed by atoms with van der Waals surface area (Å²) >= 11 is 3.43. The summed E-state index contributed by atoms with van der Waals surface area (Å²) in [5.41, 5.74) is 1.22. The van der Waals surface area contributed by atoms with E-state index in [1.165, 1.54) is 5.56 Å². The van der Waals surface area contributed by atoms with Gasteiger partial charge in [0.2, 0.25) is 0 Å². The molecule has 2 nitrogen and oxygen atoms in total. The van der Waals surface area contributed by atoms with Crippen LogP contribution in [0.15, 0.2) is 28.7 Å². The van der Waals surface area contributed by atoms with Crippen LogP contribution in [0.1, 0.15) is 5.56 Å². The molecule has 0 aliphatic carbocycles. The lowest BCUT2D eigenvalue weighted by molar-refractivity contribution is 0.141. The van der Waals surface area contributed by atoms with Gasteiger partial charge in [-0.1, -0.05) is 34.1 Å². The molecule has 0 spiro atoms. The molecule has 0 bridgehead atoms. The van der Waals surface area contributed by atoms with E-state index in [4.69, 9.17) is 5.90 Å². The first kappa shape index (κ1) is 8.71. The van der Waals surface area contributed by atoms with Crippen molar-refractivity contribution in [1.82, 2.24) is 0 Å². The summed E-state index contributed by atoms with van der Waals surface area (Å²) in [5.74, 6) is 4.91. The largest absolute Gasteiger partial charge is 0.304 e. The molecule has 0 aromatic heterocycles. The van der Waals surface area contributed by atoms with Gasteiger partial charge in [0, 0.05) is 4.47 Å². The first-order valence-electron chi connectivity index (χ1n) is 3.39. The normalized spacial score (nSPS) is 10.0. The molecule has 0 saturated heterocycles. The Balaban J connectivity index is 2.62. The van der Waals surface area contributed by atoms with Gasteiger partial charge in [-0.2, -0.15) is 0 Å². The maximum absolute atomic E-state index is 4.91. The number of benzene rings is 1. The van der Waals surface area contributed by atoms with Gasteiger partial charge in [0.1, 0.15) is 0 Å². The van der Waals surface area contributed by atoms with Crippen LogP contribution in [0, 0.1) is 0 Å². The Morgan fingerprint density at radius 3 is 2.73 bits per heavy atom. The molecule has 0 fully saturated rings. The summed E-state index contributed by atoms with van der Waals surface area (Å²) < 4.78 is 1.11. The van der Waals surface area contributed by atoms with Gasteiger partial charge in [-0.05, 0) is 18.1 Å². The highest BCUT2D eigenvalue weighted by Crippen LogP contribution is 2.15. The second-order valence-electron chi connectivity index (χ2n) is 2.21. The van der Waals surface area contributed by atoms with Crippen LogP contribution in [-0.2, 0) is 11.3 Å². The van der Waals surface area contributed by atoms with Crippen molar-refractivity contribution in [3.8, 4) is 0 Å². The molecule has 1 aromatic rings. The van der Waals surface area contributed by atoms with E-state index in [1.807, 2.05) is 24.3 Å². The molecule has 0 aliphatic rings. The highest BCUT2D eigenvalue weighted by Gasteiger charge is 1.96. The van der Waals surface area contributed by atoms with E-state index in [2.05, 4.69) is 20.8 Å². The van der Waals surface area contributed by atoms with Crippen molar-refractivity contribution in [1.29, 1.82) is 0 Å². The van der Waals surface area contributed by atoms with E-state index < -0.39 is 0 Å². The second kappa shape index (κ2) is 4.49. The van der Waals surface area contributed by atoms with Crippen molar-refractivity contribution >= 4 is 15.9 Å². The molecule has 0 unspecified atom stereocenters. The Hall–Kier alpha value is -0.380. The third-order valence-corrected chi connectivity index (χ3v) is 2.22. The van der Waals surface area contributed by atoms with Gasteiger partial charge < -0.3 is 4.84 Å². The van der Waals surface area contributed by atoms with E-state index in [0.717, 1.165) is 10.9 Å². The zero-order valence-electron chi connectivity index (χ0n) is 6.09. The van der Waals surface area contributed by atoms with Gasteiger partial charge >= 0.3 is 0 Å². The Kier molecular flexibility index (Phi) is 3.56. The first-order chi connectivity index (χ1) is 5.34. The van der Waals surface area contributed by atoms with Crippen molar-refractivity contribution in [3.05, 3.63) is 34.3 Å². The molecule has 1 aromatic carbocycles. The Morgan fingerprint density at radius 2 is 2.09 bits per heavy atom. The fraction of sp³-hybridized carbons (Fsp3) is 0.250. The highest BCUT2D eigenvalue weighted by molar-refractivity contribution is 9.10. The average Bonchev–Trinajstić information content (AvgIpc) is 2.03. The smallest absolute Gasteiger partial charge is 0.0719 e. The predicted octanol–water partition coefficient (Wildman–Crippen LogP) is 1.88. The van der Waals surface area contributed by atoms with Crippen LogP contribution in [0.5, 0.6) is 0 Å². The maximum Gasteiger partial charge on any atom is 0.0719 e. The molecule has 0 saturated carbocycles. The molecule has 60 valence electrons. The third kappa shape index (κ3) is 2.61. The first-order valence-corrected chi connectivity index (χ1v) is 4.19. The Labute approximate surface area is 74.4 Å². The van der Waals surface area contributed by atoms with E-state index in [0.29, 0.717) is 6.61 Å². The molecule has 0 heterocycles. The number of nitrogens with two attached hydrogens (primary N) is 1. The van der Waals surface area contributed by atoms with Crippen LogP contribution in [-0.4, -0.2) is 6.61 Å². The minimum Gasteiger partial charge on any atom is -0.304 e. The van der Waals surface area contributed by atoms with Gasteiger partial charge in [0.05, 0.1) is 6.61 Å². The fourth-order valence-corrected chi connectivity index (χ4v) is 1.35. The van der Waals surface area contributed by atoms with Crippen LogP contribution in [0.4, 0.5) is 0 Å². The third-order valence-electron chi connectivity index (χ3n) is 1.45. The summed E-state index contributed by atoms with van der Waals surface area (Å²) in [6.07, 6.45) is 0.845. The van der Waals surface area contributed by atoms with E-state index in [1.54, 1.807) is 0 Å². The van der Waals surface area contributed by atoms with Crippen molar-refractivity contribution < 1.29 is 4.84 Å². The Bertz CT molecular complexity index is 227. The van der Waals surface area contributed by atoms with Crippen LogP contribution >= 0.6 is 15.9 Å². The molecular weight excluding hydrogens is 206 g/mol. The summed E-state index contributed by atoms with van der Waals surface area (Å²) in [5, 5.41) is 0. The van der Waals surface area contributed by atoms with Gasteiger partial charge in [-0.3, -0.25) is 0 Å². The molecule has 0 radical (unpaired) electrons. The predicted molar refractivity (Wildman–Crippen MR) is 48.0 cm³/mol. The molecule has 0 atom stereocenters. The van der Waals surface area contributed by atoms with Gasteiger partial charge in [0.15, 0.2) is 0 Å². The minimum atomic E-state index is 0.558. The van der Waals surface area contributed by atoms with Crippen molar-refractivity contribution in [3.63, 3.8) is 0 Å². The van der Waals surface area contributed by atoms with Crippen LogP contribution in [0.25, 0.3) is 0 Å². The monoisotopic (exact) mass is 215 g/mol. The van der Waals surface area contributed by atoms with E-state index in [-0.39, 0.29) is 0 Å². The SMILES string of the molecule is NOCCc1ccccc1Br. The number of hydrogen-bond acceptors (Lipinski definition) is 2. The highest BCUT2D eigenvalue weighted by atomic mass is 79.9. The second-order valence-corrected chi connectivity index (χ2v) is 3.07. The van der Waals surface area contributed by atoms with Crippen molar-refractivity contribution in [2.75, 3.05) is 6.61 Å². The maximum atomic E-state index is 4.91. The zero-order chi connectivity index (χ0) is 8.10. The van der Waals surface area contributed by atoms with Gasteiger partial charge in [0.25, 0.3) is 0 Å². The van der Waals surface area contributed by atoms with Crippen LogP contribution < -0.4 is 5.90 Å². The molecule has 11 heavy (non-hydrogen) atoms. The number of rotatable bonds is 3. The lowest BCUT2D eigenvalue weighted by Crippen LogP contribution is -2.03. The van der Waals surface area contributed by atoms with Gasteiger partial charge in [-0.25, -0.2) is 5.90 Å². The molecule has 2 N–H and O–H groups in total. The van der Waals surface area contributed by atoms with Gasteiger partial charge in [-0.15, -0.1) is 0 Å². The Morgan fingerprint density at radius 1 is 1.36 bits per heavy atom. The topological polar surface area (TPSA) is 35.2 Å².